The van der Waals surface area contributed by atoms with E-state index in [0.717, 1.165) is 93.5 Å². The maximum Gasteiger partial charge on any atom is 0.262 e. The molecule has 5 fully saturated rings. The molecule has 14 nitrogen and oxygen atoms in total. The third kappa shape index (κ3) is 7.49. The van der Waals surface area contributed by atoms with Gasteiger partial charge in [0, 0.05) is 106 Å². The fourth-order valence-electron chi connectivity index (χ4n) is 9.99. The number of hydrogen-bond donors (Lipinski definition) is 1. The van der Waals surface area contributed by atoms with Crippen molar-refractivity contribution in [3.8, 4) is 6.07 Å². The van der Waals surface area contributed by atoms with Gasteiger partial charge in [-0.25, -0.2) is 0 Å². The molecule has 1 N–H and O–H groups in total. The number of hydrogen-bond acceptors (Lipinski definition) is 10. The Labute approximate surface area is 353 Å². The molecular weight excluding hydrogens is 784 g/mol. The van der Waals surface area contributed by atoms with Gasteiger partial charge in [0.15, 0.2) is 0 Å². The SMILES string of the molecule is N#Cc1ccc(N2CC3(CCN(c4ccc(C(=O)N5CCN(CC6CCN(c7ccc8c(c7)C(=O)N(C7CCC(=O)NC7=O)C8=O)CC6)CC5)cc4)CC3)CC2=O)cc1Cl. The van der Waals surface area contributed by atoms with Gasteiger partial charge in [0.05, 0.1) is 21.7 Å². The molecule has 9 rings (SSSR count). The minimum absolute atomic E-state index is 0.0503. The molecule has 1 unspecified atom stereocenters. The van der Waals surface area contributed by atoms with Crippen LogP contribution in [0.4, 0.5) is 17.1 Å². The molecule has 310 valence electrons. The lowest BCUT2D eigenvalue weighted by Gasteiger charge is -2.40. The van der Waals surface area contributed by atoms with Gasteiger partial charge < -0.3 is 19.6 Å². The highest BCUT2D eigenvalue weighted by atomic mass is 35.5. The van der Waals surface area contributed by atoms with Crippen LogP contribution in [0.25, 0.3) is 0 Å². The Balaban J connectivity index is 0.718. The third-order valence-corrected chi connectivity index (χ3v) is 13.9. The van der Waals surface area contributed by atoms with E-state index in [0.29, 0.717) is 53.7 Å². The minimum Gasteiger partial charge on any atom is -0.371 e. The number of piperazine rings is 1. The van der Waals surface area contributed by atoms with Crippen LogP contribution in [0.2, 0.25) is 5.02 Å². The number of nitrogens with zero attached hydrogens (tertiary/aromatic N) is 7. The molecule has 0 saturated carbocycles. The Morgan fingerprint density at radius 2 is 1.43 bits per heavy atom. The Hall–Kier alpha value is -5.78. The summed E-state index contributed by atoms with van der Waals surface area (Å²) >= 11 is 6.27. The number of halogens is 1. The van der Waals surface area contributed by atoms with Crippen molar-refractivity contribution in [2.45, 2.75) is 51.0 Å². The zero-order valence-electron chi connectivity index (χ0n) is 33.4. The lowest BCUT2D eigenvalue weighted by Crippen LogP contribution is -2.54. The van der Waals surface area contributed by atoms with E-state index in [1.165, 1.54) is 0 Å². The molecule has 3 aromatic rings. The lowest BCUT2D eigenvalue weighted by molar-refractivity contribution is -0.136. The summed E-state index contributed by atoms with van der Waals surface area (Å²) in [6, 6.07) is 19.5. The van der Waals surface area contributed by atoms with E-state index in [9.17, 15) is 34.0 Å². The second kappa shape index (κ2) is 16.0. The van der Waals surface area contributed by atoms with E-state index < -0.39 is 29.7 Å². The molecular formula is C45H47ClN8O6. The van der Waals surface area contributed by atoms with Crippen molar-refractivity contribution < 1.29 is 28.8 Å². The van der Waals surface area contributed by atoms with Crippen molar-refractivity contribution >= 4 is 64.1 Å². The van der Waals surface area contributed by atoms with E-state index in [2.05, 4.69) is 26.1 Å². The normalized spacial score (nSPS) is 22.4. The Bertz CT molecular complexity index is 2300. The van der Waals surface area contributed by atoms with Crippen LogP contribution < -0.4 is 20.0 Å². The largest absolute Gasteiger partial charge is 0.371 e. The highest BCUT2D eigenvalue weighted by Gasteiger charge is 2.46. The highest BCUT2D eigenvalue weighted by molar-refractivity contribution is 6.32. The Kier molecular flexibility index (Phi) is 10.6. The summed E-state index contributed by atoms with van der Waals surface area (Å²) in [5.74, 6) is -1.35. The van der Waals surface area contributed by atoms with Crippen LogP contribution in [0.15, 0.2) is 60.7 Å². The molecule has 0 aromatic heterocycles. The Morgan fingerprint density at radius 3 is 2.12 bits per heavy atom. The molecule has 6 amide bonds. The average Bonchev–Trinajstić information content (AvgIpc) is 3.71. The number of anilines is 3. The number of carbonyl (C=O) groups is 6. The van der Waals surface area contributed by atoms with Crippen LogP contribution in [-0.4, -0.2) is 122 Å². The van der Waals surface area contributed by atoms with Crippen molar-refractivity contribution in [1.82, 2.24) is 20.0 Å². The van der Waals surface area contributed by atoms with Crippen molar-refractivity contribution in [3.63, 3.8) is 0 Å². The van der Waals surface area contributed by atoms with Gasteiger partial charge in [0.2, 0.25) is 17.7 Å². The molecule has 6 heterocycles. The number of imide groups is 2. The van der Waals surface area contributed by atoms with E-state index in [1.807, 2.05) is 40.1 Å². The smallest absolute Gasteiger partial charge is 0.262 e. The van der Waals surface area contributed by atoms with Gasteiger partial charge in [-0.05, 0) is 98.7 Å². The molecule has 3 aromatic carbocycles. The van der Waals surface area contributed by atoms with Crippen molar-refractivity contribution in [2.24, 2.45) is 11.3 Å². The zero-order valence-corrected chi connectivity index (χ0v) is 34.2. The van der Waals surface area contributed by atoms with Crippen molar-refractivity contribution in [1.29, 1.82) is 5.26 Å². The topological polar surface area (TPSA) is 158 Å². The lowest BCUT2D eigenvalue weighted by atomic mass is 9.77. The van der Waals surface area contributed by atoms with E-state index in [1.54, 1.807) is 30.3 Å². The summed E-state index contributed by atoms with van der Waals surface area (Å²) in [4.78, 5) is 89.0. The zero-order chi connectivity index (χ0) is 41.7. The average molecular weight is 831 g/mol. The molecule has 6 aliphatic heterocycles. The van der Waals surface area contributed by atoms with Crippen molar-refractivity contribution in [2.75, 3.05) is 80.1 Å². The third-order valence-electron chi connectivity index (χ3n) is 13.6. The standard InChI is InChI=1S/C45H47ClN8O6/c46-37-24-34(6-3-31(37)26-47)53-28-45(25-40(53)56)13-17-51(18-14-45)32-4-1-30(2-5-32)42(58)52-21-19-49(20-22-52)27-29-11-15-50(16-12-29)33-7-8-35-36(23-33)44(60)54(43(35)59)38-9-10-39(55)48-41(38)57/h1-8,23-24,29,38H,9-22,25,27-28H2,(H,48,55,57). The fraction of sp³-hybridized carbons (Fsp3) is 0.444. The summed E-state index contributed by atoms with van der Waals surface area (Å²) in [5, 5.41) is 11.8. The molecule has 60 heavy (non-hydrogen) atoms. The number of rotatable bonds is 7. The van der Waals surface area contributed by atoms with Crippen LogP contribution in [0.3, 0.4) is 0 Å². The van der Waals surface area contributed by atoms with E-state index in [4.69, 9.17) is 11.6 Å². The van der Waals surface area contributed by atoms with Crippen molar-refractivity contribution in [3.05, 3.63) is 87.9 Å². The predicted octanol–water partition coefficient (Wildman–Crippen LogP) is 4.31. The van der Waals surface area contributed by atoms with Crippen LogP contribution in [-0.2, 0) is 14.4 Å². The fourth-order valence-corrected chi connectivity index (χ4v) is 10.2. The molecule has 5 saturated heterocycles. The number of amides is 6. The number of nitrogens with one attached hydrogen (secondary N) is 1. The predicted molar refractivity (Wildman–Crippen MR) is 224 cm³/mol. The number of nitriles is 1. The number of benzene rings is 3. The van der Waals surface area contributed by atoms with Gasteiger partial charge in [-0.2, -0.15) is 5.26 Å². The maximum absolute atomic E-state index is 13.5. The first-order valence-electron chi connectivity index (χ1n) is 21.0. The second-order valence-corrected chi connectivity index (χ2v) is 17.6. The number of fused-ring (bicyclic) bond motifs is 1. The first-order valence-corrected chi connectivity index (χ1v) is 21.3. The van der Waals surface area contributed by atoms with Gasteiger partial charge in [-0.1, -0.05) is 11.6 Å². The molecule has 0 bridgehead atoms. The minimum atomic E-state index is -0.980. The second-order valence-electron chi connectivity index (χ2n) is 17.2. The summed E-state index contributed by atoms with van der Waals surface area (Å²) in [6.45, 7) is 7.91. The summed E-state index contributed by atoms with van der Waals surface area (Å²) < 4.78 is 0. The highest BCUT2D eigenvalue weighted by Crippen LogP contribution is 2.44. The molecule has 15 heteroatoms. The summed E-state index contributed by atoms with van der Waals surface area (Å²) in [7, 11) is 0. The van der Waals surface area contributed by atoms with E-state index in [-0.39, 0.29) is 35.6 Å². The summed E-state index contributed by atoms with van der Waals surface area (Å²) in [6.07, 6.45) is 4.46. The van der Waals surface area contributed by atoms with Gasteiger partial charge >= 0.3 is 0 Å². The first-order chi connectivity index (χ1) is 29.0. The van der Waals surface area contributed by atoms with Crippen LogP contribution >= 0.6 is 11.6 Å². The molecule has 6 aliphatic rings. The van der Waals surface area contributed by atoms with Crippen LogP contribution in [0, 0.1) is 22.7 Å². The van der Waals surface area contributed by atoms with Crippen LogP contribution in [0.5, 0.6) is 0 Å². The molecule has 0 aliphatic carbocycles. The number of carbonyl (C=O) groups excluding carboxylic acids is 6. The monoisotopic (exact) mass is 830 g/mol. The first kappa shape index (κ1) is 39.7. The quantitative estimate of drug-likeness (QED) is 0.341. The molecule has 0 radical (unpaired) electrons. The van der Waals surface area contributed by atoms with Gasteiger partial charge in [-0.3, -0.25) is 43.9 Å². The summed E-state index contributed by atoms with van der Waals surface area (Å²) in [5.41, 5.74) is 4.27. The van der Waals surface area contributed by atoms with E-state index >= 15 is 0 Å². The molecule has 1 atom stereocenters. The maximum atomic E-state index is 13.5. The van der Waals surface area contributed by atoms with Gasteiger partial charge in [0.25, 0.3) is 17.7 Å². The molecule has 1 spiro atoms. The van der Waals surface area contributed by atoms with Crippen LogP contribution in [0.1, 0.15) is 81.6 Å². The number of piperidine rings is 3. The van der Waals surface area contributed by atoms with Gasteiger partial charge in [-0.15, -0.1) is 0 Å². The van der Waals surface area contributed by atoms with Gasteiger partial charge in [0.1, 0.15) is 12.1 Å². The Morgan fingerprint density at radius 1 is 0.767 bits per heavy atom.